The standard InChI is InChI=1S/C19H21ClFN3O/c20-15-5-1-3-7-17(15)22-10-9-19(25)24-13-11-23(12-14-24)18-8-4-2-6-16(18)21/h1-8,22H,9-14H2. The largest absolute Gasteiger partial charge is 0.383 e. The van der Waals surface area contributed by atoms with Gasteiger partial charge in [0.25, 0.3) is 0 Å². The third-order valence-corrected chi connectivity index (χ3v) is 4.68. The van der Waals surface area contributed by atoms with E-state index in [2.05, 4.69) is 5.32 Å². The molecular formula is C19H21ClFN3O. The summed E-state index contributed by atoms with van der Waals surface area (Å²) in [5, 5.41) is 3.83. The van der Waals surface area contributed by atoms with Crippen LogP contribution < -0.4 is 10.2 Å². The van der Waals surface area contributed by atoms with Crippen LogP contribution in [0, 0.1) is 5.82 Å². The van der Waals surface area contributed by atoms with Gasteiger partial charge in [-0.1, -0.05) is 35.9 Å². The molecule has 4 nitrogen and oxygen atoms in total. The van der Waals surface area contributed by atoms with Gasteiger partial charge >= 0.3 is 0 Å². The minimum absolute atomic E-state index is 0.104. The summed E-state index contributed by atoms with van der Waals surface area (Å²) >= 11 is 6.08. The molecule has 3 rings (SSSR count). The smallest absolute Gasteiger partial charge is 0.224 e. The van der Waals surface area contributed by atoms with Gasteiger partial charge < -0.3 is 15.1 Å². The lowest BCUT2D eigenvalue weighted by Gasteiger charge is -2.36. The molecule has 0 atom stereocenters. The highest BCUT2D eigenvalue weighted by Gasteiger charge is 2.22. The number of halogens is 2. The van der Waals surface area contributed by atoms with Crippen LogP contribution in [-0.4, -0.2) is 43.5 Å². The van der Waals surface area contributed by atoms with Gasteiger partial charge in [0.05, 0.1) is 16.4 Å². The SMILES string of the molecule is O=C(CCNc1ccccc1Cl)N1CCN(c2ccccc2F)CC1. The van der Waals surface area contributed by atoms with Crippen LogP contribution in [0.3, 0.4) is 0 Å². The molecule has 1 aliphatic heterocycles. The van der Waals surface area contributed by atoms with Crippen LogP contribution in [0.25, 0.3) is 0 Å². The second-order valence-corrected chi connectivity index (χ2v) is 6.38. The quantitative estimate of drug-likeness (QED) is 0.883. The van der Waals surface area contributed by atoms with E-state index < -0.39 is 0 Å². The Bertz CT molecular complexity index is 732. The molecular weight excluding hydrogens is 341 g/mol. The maximum Gasteiger partial charge on any atom is 0.224 e. The van der Waals surface area contributed by atoms with Crippen molar-refractivity contribution in [3.63, 3.8) is 0 Å². The summed E-state index contributed by atoms with van der Waals surface area (Å²) in [4.78, 5) is 16.2. The molecule has 1 aliphatic rings. The fourth-order valence-corrected chi connectivity index (χ4v) is 3.17. The number of amides is 1. The van der Waals surface area contributed by atoms with E-state index in [9.17, 15) is 9.18 Å². The first-order valence-electron chi connectivity index (χ1n) is 8.41. The van der Waals surface area contributed by atoms with Gasteiger partial charge in [-0.05, 0) is 24.3 Å². The predicted octanol–water partition coefficient (Wildman–Crippen LogP) is 3.63. The van der Waals surface area contributed by atoms with Crippen molar-refractivity contribution in [2.45, 2.75) is 6.42 Å². The first kappa shape index (κ1) is 17.5. The fourth-order valence-electron chi connectivity index (χ4n) is 2.97. The van der Waals surface area contributed by atoms with E-state index in [1.165, 1.54) is 6.07 Å². The van der Waals surface area contributed by atoms with Crippen LogP contribution >= 0.6 is 11.6 Å². The third kappa shape index (κ3) is 4.42. The van der Waals surface area contributed by atoms with Gasteiger partial charge in [-0.2, -0.15) is 0 Å². The van der Waals surface area contributed by atoms with Gasteiger partial charge in [-0.3, -0.25) is 4.79 Å². The Hall–Kier alpha value is -2.27. The van der Waals surface area contributed by atoms with Crippen LogP contribution in [0.2, 0.25) is 5.02 Å². The van der Waals surface area contributed by atoms with Gasteiger partial charge in [0, 0.05) is 39.1 Å². The Balaban J connectivity index is 1.46. The Morgan fingerprint density at radius 3 is 2.44 bits per heavy atom. The third-order valence-electron chi connectivity index (χ3n) is 4.35. The molecule has 25 heavy (non-hydrogen) atoms. The first-order valence-corrected chi connectivity index (χ1v) is 8.78. The molecule has 0 unspecified atom stereocenters. The number of rotatable bonds is 5. The van der Waals surface area contributed by atoms with E-state index >= 15 is 0 Å². The molecule has 2 aromatic carbocycles. The number of carbonyl (C=O) groups is 1. The Morgan fingerprint density at radius 2 is 1.72 bits per heavy atom. The molecule has 0 aromatic heterocycles. The zero-order chi connectivity index (χ0) is 17.6. The molecule has 0 aliphatic carbocycles. The van der Waals surface area contributed by atoms with Gasteiger partial charge in [-0.15, -0.1) is 0 Å². The Morgan fingerprint density at radius 1 is 1.04 bits per heavy atom. The molecule has 132 valence electrons. The molecule has 1 heterocycles. The van der Waals surface area contributed by atoms with E-state index in [4.69, 9.17) is 11.6 Å². The monoisotopic (exact) mass is 361 g/mol. The normalized spacial score (nSPS) is 14.5. The molecule has 1 fully saturated rings. The van der Waals surface area contributed by atoms with Crippen LogP contribution in [0.1, 0.15) is 6.42 Å². The van der Waals surface area contributed by atoms with E-state index in [0.29, 0.717) is 49.9 Å². The summed E-state index contributed by atoms with van der Waals surface area (Å²) in [7, 11) is 0. The summed E-state index contributed by atoms with van der Waals surface area (Å²) in [6.45, 7) is 3.05. The molecule has 0 spiro atoms. The van der Waals surface area contributed by atoms with E-state index in [-0.39, 0.29) is 11.7 Å². The number of nitrogens with zero attached hydrogens (tertiary/aromatic N) is 2. The van der Waals surface area contributed by atoms with Crippen LogP contribution in [0.15, 0.2) is 48.5 Å². The molecule has 6 heteroatoms. The number of anilines is 2. The van der Waals surface area contributed by atoms with Crippen molar-refractivity contribution >= 4 is 28.9 Å². The maximum atomic E-state index is 13.8. The maximum absolute atomic E-state index is 13.8. The zero-order valence-corrected chi connectivity index (χ0v) is 14.7. The van der Waals surface area contributed by atoms with Gasteiger partial charge in [0.2, 0.25) is 5.91 Å². The molecule has 1 amide bonds. The number of hydrogen-bond donors (Lipinski definition) is 1. The van der Waals surface area contributed by atoms with Crippen molar-refractivity contribution in [3.05, 3.63) is 59.4 Å². The summed E-state index contributed by atoms with van der Waals surface area (Å²) in [6, 6.07) is 14.2. The number of benzene rings is 2. The van der Waals surface area contributed by atoms with E-state index in [1.54, 1.807) is 12.1 Å². The lowest BCUT2D eigenvalue weighted by molar-refractivity contribution is -0.131. The fraction of sp³-hybridized carbons (Fsp3) is 0.316. The van der Waals surface area contributed by atoms with Crippen molar-refractivity contribution in [1.82, 2.24) is 4.90 Å². The van der Waals surface area contributed by atoms with Crippen LogP contribution in [0.5, 0.6) is 0 Å². The minimum atomic E-state index is -0.216. The average Bonchev–Trinajstić information content (AvgIpc) is 2.64. The predicted molar refractivity (Wildman–Crippen MR) is 99.8 cm³/mol. The van der Waals surface area contributed by atoms with Crippen molar-refractivity contribution in [2.75, 3.05) is 42.9 Å². The average molecular weight is 362 g/mol. The summed E-state index contributed by atoms with van der Waals surface area (Å²) in [5.41, 5.74) is 1.44. The minimum Gasteiger partial charge on any atom is -0.383 e. The number of carbonyl (C=O) groups excluding carboxylic acids is 1. The zero-order valence-electron chi connectivity index (χ0n) is 13.9. The number of nitrogens with one attached hydrogen (secondary N) is 1. The number of para-hydroxylation sites is 2. The summed E-state index contributed by atoms with van der Waals surface area (Å²) in [5.74, 6) is -0.112. The second-order valence-electron chi connectivity index (χ2n) is 5.98. The highest BCUT2D eigenvalue weighted by atomic mass is 35.5. The lowest BCUT2D eigenvalue weighted by atomic mass is 10.2. The molecule has 1 saturated heterocycles. The van der Waals surface area contributed by atoms with E-state index in [0.717, 1.165) is 5.69 Å². The highest BCUT2D eigenvalue weighted by molar-refractivity contribution is 6.33. The van der Waals surface area contributed by atoms with Crippen molar-refractivity contribution in [2.24, 2.45) is 0 Å². The highest BCUT2D eigenvalue weighted by Crippen LogP contribution is 2.21. The van der Waals surface area contributed by atoms with Crippen LogP contribution in [-0.2, 0) is 4.79 Å². The van der Waals surface area contributed by atoms with Gasteiger partial charge in [0.15, 0.2) is 0 Å². The van der Waals surface area contributed by atoms with Crippen LogP contribution in [0.4, 0.5) is 15.8 Å². The van der Waals surface area contributed by atoms with Crippen molar-refractivity contribution < 1.29 is 9.18 Å². The van der Waals surface area contributed by atoms with Gasteiger partial charge in [-0.25, -0.2) is 4.39 Å². The molecule has 0 radical (unpaired) electrons. The Kier molecular flexibility index (Phi) is 5.76. The molecule has 0 saturated carbocycles. The second kappa shape index (κ2) is 8.21. The van der Waals surface area contributed by atoms with Gasteiger partial charge in [0.1, 0.15) is 5.82 Å². The van der Waals surface area contributed by atoms with Crippen molar-refractivity contribution in [1.29, 1.82) is 0 Å². The van der Waals surface area contributed by atoms with Crippen molar-refractivity contribution in [3.8, 4) is 0 Å². The summed E-state index contributed by atoms with van der Waals surface area (Å²) in [6.07, 6.45) is 0.408. The molecule has 2 aromatic rings. The van der Waals surface area contributed by atoms with E-state index in [1.807, 2.05) is 40.1 Å². The topological polar surface area (TPSA) is 35.6 Å². The number of piperazine rings is 1. The Labute approximate surface area is 152 Å². The lowest BCUT2D eigenvalue weighted by Crippen LogP contribution is -2.49. The first-order chi connectivity index (χ1) is 12.1. The molecule has 0 bridgehead atoms. The number of hydrogen-bond acceptors (Lipinski definition) is 3. The molecule has 1 N–H and O–H groups in total. The summed E-state index contributed by atoms with van der Waals surface area (Å²) < 4.78 is 13.8.